The van der Waals surface area contributed by atoms with E-state index in [-0.39, 0.29) is 28.4 Å². The Morgan fingerprint density at radius 2 is 1.94 bits per heavy atom. The van der Waals surface area contributed by atoms with Crippen LogP contribution < -0.4 is 20.1 Å². The highest BCUT2D eigenvalue weighted by atomic mass is 32.2. The van der Waals surface area contributed by atoms with Gasteiger partial charge in [-0.05, 0) is 43.3 Å². The Morgan fingerprint density at radius 1 is 1.19 bits per heavy atom. The average Bonchev–Trinajstić information content (AvgIpc) is 2.77. The largest absolute Gasteiger partial charge is 0.497 e. The van der Waals surface area contributed by atoms with Crippen molar-refractivity contribution >= 4 is 39.1 Å². The van der Waals surface area contributed by atoms with E-state index in [0.29, 0.717) is 22.7 Å². The molecule has 8 nitrogen and oxygen atoms in total. The molecule has 1 aliphatic heterocycles. The van der Waals surface area contributed by atoms with Crippen LogP contribution in [0.5, 0.6) is 11.5 Å². The van der Waals surface area contributed by atoms with Gasteiger partial charge >= 0.3 is 0 Å². The van der Waals surface area contributed by atoms with Crippen molar-refractivity contribution in [3.63, 3.8) is 0 Å². The SMILES string of the molecule is COc1ccc(OC)c(CNC(=O)[C@H](C)CS(=O)(=O)c2ccc3c(c2)NC(=O)[C@@H](C)S3)c1. The molecule has 0 unspecified atom stereocenters. The lowest BCUT2D eigenvalue weighted by molar-refractivity contribution is -0.124. The molecule has 0 bridgehead atoms. The highest BCUT2D eigenvalue weighted by molar-refractivity contribution is 8.01. The smallest absolute Gasteiger partial charge is 0.237 e. The van der Waals surface area contributed by atoms with Crippen molar-refractivity contribution in [3.05, 3.63) is 42.0 Å². The maximum absolute atomic E-state index is 12.9. The van der Waals surface area contributed by atoms with E-state index in [1.54, 1.807) is 45.2 Å². The van der Waals surface area contributed by atoms with Gasteiger partial charge in [0.25, 0.3) is 0 Å². The molecule has 0 aliphatic carbocycles. The third-order valence-corrected chi connectivity index (χ3v) is 8.19. The first kappa shape index (κ1) is 23.9. The zero-order chi connectivity index (χ0) is 23.5. The molecule has 1 aliphatic rings. The molecule has 0 saturated heterocycles. The fraction of sp³-hybridized carbons (Fsp3) is 0.364. The van der Waals surface area contributed by atoms with Crippen molar-refractivity contribution in [2.45, 2.75) is 35.4 Å². The van der Waals surface area contributed by atoms with Crippen molar-refractivity contribution in [1.82, 2.24) is 5.32 Å². The van der Waals surface area contributed by atoms with E-state index in [9.17, 15) is 18.0 Å². The highest BCUT2D eigenvalue weighted by Gasteiger charge is 2.27. The lowest BCUT2D eigenvalue weighted by Gasteiger charge is -2.22. The van der Waals surface area contributed by atoms with E-state index >= 15 is 0 Å². The predicted octanol–water partition coefficient (Wildman–Crippen LogP) is 2.86. The van der Waals surface area contributed by atoms with Crippen LogP contribution in [-0.4, -0.2) is 45.5 Å². The van der Waals surface area contributed by atoms with Gasteiger partial charge in [-0.25, -0.2) is 8.42 Å². The van der Waals surface area contributed by atoms with E-state index in [0.717, 1.165) is 4.90 Å². The molecule has 0 radical (unpaired) electrons. The lowest BCUT2D eigenvalue weighted by Crippen LogP contribution is -2.33. The molecule has 2 atom stereocenters. The highest BCUT2D eigenvalue weighted by Crippen LogP contribution is 2.37. The number of rotatable bonds is 8. The third-order valence-electron chi connectivity index (χ3n) is 5.10. The van der Waals surface area contributed by atoms with Crippen LogP contribution in [0, 0.1) is 5.92 Å². The predicted molar refractivity (Wildman–Crippen MR) is 123 cm³/mol. The quantitative estimate of drug-likeness (QED) is 0.600. The fourth-order valence-corrected chi connectivity index (χ4v) is 5.76. The van der Waals surface area contributed by atoms with Crippen molar-refractivity contribution < 1.29 is 27.5 Å². The van der Waals surface area contributed by atoms with Gasteiger partial charge in [0.2, 0.25) is 11.8 Å². The Morgan fingerprint density at radius 3 is 2.62 bits per heavy atom. The summed E-state index contributed by atoms with van der Waals surface area (Å²) in [6, 6.07) is 9.88. The van der Waals surface area contributed by atoms with Crippen LogP contribution >= 0.6 is 11.8 Å². The standard InChI is InChI=1S/C22H26N2O6S2/c1-13(21(25)23-11-15-9-16(29-3)5-7-19(15)30-4)12-32(27,28)17-6-8-20-18(10-17)24-22(26)14(2)31-20/h5-10,13-14H,11-12H2,1-4H3,(H,23,25)(H,24,26)/t13-,14-/m1/s1. The van der Waals surface area contributed by atoms with Crippen molar-refractivity contribution in [1.29, 1.82) is 0 Å². The van der Waals surface area contributed by atoms with Crippen molar-refractivity contribution in [2.75, 3.05) is 25.3 Å². The van der Waals surface area contributed by atoms with Crippen LogP contribution in [0.3, 0.4) is 0 Å². The monoisotopic (exact) mass is 478 g/mol. The normalized spacial score (nSPS) is 16.5. The molecule has 2 amide bonds. The molecule has 0 spiro atoms. The number of benzene rings is 2. The molecule has 0 aromatic heterocycles. The maximum Gasteiger partial charge on any atom is 0.237 e. The number of nitrogens with one attached hydrogen (secondary N) is 2. The summed E-state index contributed by atoms with van der Waals surface area (Å²) in [5, 5.41) is 5.25. The molecule has 2 N–H and O–H groups in total. The zero-order valence-electron chi connectivity index (χ0n) is 18.3. The number of ether oxygens (including phenoxy) is 2. The molecule has 0 fully saturated rings. The van der Waals surface area contributed by atoms with Gasteiger partial charge in [0.15, 0.2) is 9.84 Å². The lowest BCUT2D eigenvalue weighted by atomic mass is 10.1. The van der Waals surface area contributed by atoms with Crippen LogP contribution in [0.4, 0.5) is 5.69 Å². The summed E-state index contributed by atoms with van der Waals surface area (Å²) in [5.41, 5.74) is 1.19. The molecule has 2 aromatic carbocycles. The summed E-state index contributed by atoms with van der Waals surface area (Å²) in [5.74, 6) is -0.486. The van der Waals surface area contributed by atoms with Gasteiger partial charge in [-0.2, -0.15) is 0 Å². The van der Waals surface area contributed by atoms with E-state index in [2.05, 4.69) is 10.6 Å². The number of fused-ring (bicyclic) bond motifs is 1. The second-order valence-electron chi connectivity index (χ2n) is 7.49. The van der Waals surface area contributed by atoms with Crippen LogP contribution in [-0.2, 0) is 26.0 Å². The molecule has 172 valence electrons. The van der Waals surface area contributed by atoms with Gasteiger partial charge in [-0.15, -0.1) is 11.8 Å². The maximum atomic E-state index is 12.9. The van der Waals surface area contributed by atoms with Gasteiger partial charge in [-0.3, -0.25) is 9.59 Å². The zero-order valence-corrected chi connectivity index (χ0v) is 19.9. The number of hydrogen-bond donors (Lipinski definition) is 2. The van der Waals surface area contributed by atoms with E-state index in [4.69, 9.17) is 9.47 Å². The summed E-state index contributed by atoms with van der Waals surface area (Å²) < 4.78 is 36.3. The summed E-state index contributed by atoms with van der Waals surface area (Å²) in [6.45, 7) is 3.52. The fourth-order valence-electron chi connectivity index (χ4n) is 3.26. The van der Waals surface area contributed by atoms with Gasteiger partial charge in [0, 0.05) is 22.9 Å². The minimum absolute atomic E-state index is 0.0702. The van der Waals surface area contributed by atoms with Crippen molar-refractivity contribution in [3.8, 4) is 11.5 Å². The molecule has 32 heavy (non-hydrogen) atoms. The topological polar surface area (TPSA) is 111 Å². The van der Waals surface area contributed by atoms with Gasteiger partial charge in [0.05, 0.1) is 35.8 Å². The number of carbonyl (C=O) groups excluding carboxylic acids is 2. The Bertz CT molecular complexity index is 1130. The number of anilines is 1. The van der Waals surface area contributed by atoms with Gasteiger partial charge in [0.1, 0.15) is 11.5 Å². The summed E-state index contributed by atoms with van der Waals surface area (Å²) in [4.78, 5) is 25.4. The van der Waals surface area contributed by atoms with Crippen LogP contribution in [0.15, 0.2) is 46.2 Å². The average molecular weight is 479 g/mol. The second-order valence-corrected chi connectivity index (χ2v) is 10.9. The molecule has 3 rings (SSSR count). The number of thioether (sulfide) groups is 1. The van der Waals surface area contributed by atoms with Gasteiger partial charge < -0.3 is 20.1 Å². The Labute approximate surface area is 192 Å². The molecule has 0 saturated carbocycles. The minimum atomic E-state index is -3.74. The minimum Gasteiger partial charge on any atom is -0.497 e. The number of hydrogen-bond acceptors (Lipinski definition) is 7. The number of sulfone groups is 1. The summed E-state index contributed by atoms with van der Waals surface area (Å²) >= 11 is 1.38. The Hall–Kier alpha value is -2.72. The van der Waals surface area contributed by atoms with Crippen LogP contribution in [0.2, 0.25) is 0 Å². The first-order chi connectivity index (χ1) is 15.1. The first-order valence-electron chi connectivity index (χ1n) is 9.97. The van der Waals surface area contributed by atoms with E-state index in [1.165, 1.54) is 31.0 Å². The van der Waals surface area contributed by atoms with E-state index < -0.39 is 21.7 Å². The number of methoxy groups -OCH3 is 2. The van der Waals surface area contributed by atoms with Gasteiger partial charge in [-0.1, -0.05) is 6.92 Å². The van der Waals surface area contributed by atoms with Crippen LogP contribution in [0.25, 0.3) is 0 Å². The molecule has 1 heterocycles. The van der Waals surface area contributed by atoms with E-state index in [1.807, 2.05) is 0 Å². The number of amides is 2. The first-order valence-corrected chi connectivity index (χ1v) is 12.5. The molecular formula is C22H26N2O6S2. The molecule has 10 heteroatoms. The second kappa shape index (κ2) is 9.83. The molecule has 2 aromatic rings. The Balaban J connectivity index is 1.67. The molecular weight excluding hydrogens is 452 g/mol. The number of carbonyl (C=O) groups is 2. The van der Waals surface area contributed by atoms with Crippen molar-refractivity contribution in [2.24, 2.45) is 5.92 Å². The van der Waals surface area contributed by atoms with Crippen LogP contribution in [0.1, 0.15) is 19.4 Å². The Kier molecular flexibility index (Phi) is 7.35. The third kappa shape index (κ3) is 5.36. The summed E-state index contributed by atoms with van der Waals surface area (Å²) in [7, 11) is -0.667. The summed E-state index contributed by atoms with van der Waals surface area (Å²) in [6.07, 6.45) is 0.